The minimum Gasteiger partial charge on any atom is -0.456 e. The van der Waals surface area contributed by atoms with Crippen LogP contribution in [0.25, 0.3) is 0 Å². The molecule has 0 bridgehead atoms. The van der Waals surface area contributed by atoms with Crippen molar-refractivity contribution in [2.45, 2.75) is 20.0 Å². The molecule has 9 heteroatoms. The van der Waals surface area contributed by atoms with Crippen molar-refractivity contribution in [3.05, 3.63) is 46.7 Å². The summed E-state index contributed by atoms with van der Waals surface area (Å²) in [5.74, 6) is -2.49. The fraction of sp³-hybridized carbons (Fsp3) is 0.214. The number of hydrogen-bond acceptors (Lipinski definition) is 6. The van der Waals surface area contributed by atoms with Crippen LogP contribution in [0.5, 0.6) is 0 Å². The second-order valence-corrected chi connectivity index (χ2v) is 4.57. The molecule has 2 aromatic rings. The number of allylic oxidation sites excluding steroid dienone is 1. The zero-order valence-electron chi connectivity index (χ0n) is 12.0. The van der Waals surface area contributed by atoms with Gasteiger partial charge < -0.3 is 14.3 Å². The van der Waals surface area contributed by atoms with Crippen LogP contribution in [0.4, 0.5) is 19.1 Å². The molecule has 1 N–H and O–H groups in total. The van der Waals surface area contributed by atoms with Gasteiger partial charge in [0.2, 0.25) is 17.4 Å². The summed E-state index contributed by atoms with van der Waals surface area (Å²) in [5.41, 5.74) is -0.709. The normalized spacial score (nSPS) is 12.1. The number of furan rings is 1. The van der Waals surface area contributed by atoms with Gasteiger partial charge in [-0.25, -0.2) is 0 Å². The van der Waals surface area contributed by atoms with E-state index in [2.05, 4.69) is 14.9 Å². The summed E-state index contributed by atoms with van der Waals surface area (Å²) < 4.78 is 47.9. The van der Waals surface area contributed by atoms with E-state index in [0.717, 1.165) is 12.3 Å². The van der Waals surface area contributed by atoms with Crippen molar-refractivity contribution < 1.29 is 26.9 Å². The first-order chi connectivity index (χ1) is 10.7. The third-order valence-electron chi connectivity index (χ3n) is 2.71. The zero-order valence-corrected chi connectivity index (χ0v) is 12.0. The SMILES string of the molecule is Cc1cc(NC=C(C#N)C(=O)c2cc(C)oc2C(F)(F)F)on1. The van der Waals surface area contributed by atoms with E-state index in [9.17, 15) is 18.0 Å². The molecule has 120 valence electrons. The summed E-state index contributed by atoms with van der Waals surface area (Å²) in [6.45, 7) is 2.93. The van der Waals surface area contributed by atoms with Crippen LogP contribution in [-0.4, -0.2) is 10.9 Å². The Balaban J connectivity index is 2.32. The molecule has 0 spiro atoms. The van der Waals surface area contributed by atoms with Crippen LogP contribution in [0.3, 0.4) is 0 Å². The van der Waals surface area contributed by atoms with Gasteiger partial charge in [0.15, 0.2) is 0 Å². The second-order valence-electron chi connectivity index (χ2n) is 4.57. The lowest BCUT2D eigenvalue weighted by Crippen LogP contribution is -2.12. The molecule has 0 fully saturated rings. The molecule has 0 aromatic carbocycles. The van der Waals surface area contributed by atoms with Crippen LogP contribution in [0.1, 0.15) is 27.6 Å². The smallest absolute Gasteiger partial charge is 0.450 e. The molecule has 0 aliphatic rings. The molecule has 0 saturated carbocycles. The van der Waals surface area contributed by atoms with E-state index in [-0.39, 0.29) is 11.6 Å². The van der Waals surface area contributed by atoms with Gasteiger partial charge in [-0.05, 0) is 19.9 Å². The average molecular weight is 325 g/mol. The minimum atomic E-state index is -4.84. The van der Waals surface area contributed by atoms with Gasteiger partial charge in [0.25, 0.3) is 0 Å². The Morgan fingerprint density at radius 1 is 1.39 bits per heavy atom. The molecule has 2 heterocycles. The van der Waals surface area contributed by atoms with Crippen LogP contribution in [0.15, 0.2) is 32.8 Å². The van der Waals surface area contributed by atoms with E-state index in [1.165, 1.54) is 13.0 Å². The van der Waals surface area contributed by atoms with Crippen molar-refractivity contribution in [3.63, 3.8) is 0 Å². The number of hydrogen-bond donors (Lipinski definition) is 1. The number of anilines is 1. The maximum Gasteiger partial charge on any atom is 0.450 e. The summed E-state index contributed by atoms with van der Waals surface area (Å²) in [7, 11) is 0. The second kappa shape index (κ2) is 6.00. The Labute approximate surface area is 128 Å². The number of carbonyl (C=O) groups is 1. The fourth-order valence-corrected chi connectivity index (χ4v) is 1.76. The maximum absolute atomic E-state index is 12.9. The lowest BCUT2D eigenvalue weighted by Gasteiger charge is -2.05. The van der Waals surface area contributed by atoms with Gasteiger partial charge in [-0.15, -0.1) is 0 Å². The predicted molar refractivity (Wildman–Crippen MR) is 71.3 cm³/mol. The number of aryl methyl sites for hydroxylation is 2. The summed E-state index contributed by atoms with van der Waals surface area (Å²) in [6.07, 6.45) is -3.89. The molecule has 0 radical (unpaired) electrons. The first-order valence-corrected chi connectivity index (χ1v) is 6.25. The Bertz CT molecular complexity index is 809. The molecule has 0 aliphatic heterocycles. The number of alkyl halides is 3. The standard InChI is InChI=1S/C14H10F3N3O3/c1-7-3-11(23-20-7)19-6-9(5-18)12(21)10-4-8(2)22-13(10)14(15,16)17/h3-4,6,19H,1-2H3. The van der Waals surface area contributed by atoms with E-state index in [0.29, 0.717) is 5.69 Å². The third-order valence-corrected chi connectivity index (χ3v) is 2.71. The Morgan fingerprint density at radius 2 is 2.09 bits per heavy atom. The molecule has 0 amide bonds. The monoisotopic (exact) mass is 325 g/mol. The van der Waals surface area contributed by atoms with Crippen molar-refractivity contribution >= 4 is 11.7 Å². The van der Waals surface area contributed by atoms with Crippen molar-refractivity contribution in [2.75, 3.05) is 5.32 Å². The van der Waals surface area contributed by atoms with Gasteiger partial charge in [-0.1, -0.05) is 5.16 Å². The summed E-state index contributed by atoms with van der Waals surface area (Å²) in [5, 5.41) is 15.1. The average Bonchev–Trinajstić information content (AvgIpc) is 3.05. The number of aromatic nitrogens is 1. The highest BCUT2D eigenvalue weighted by Gasteiger charge is 2.40. The number of nitriles is 1. The molecule has 0 atom stereocenters. The quantitative estimate of drug-likeness (QED) is 0.524. The fourth-order valence-electron chi connectivity index (χ4n) is 1.76. The molecule has 0 saturated heterocycles. The first kappa shape index (κ1) is 16.4. The van der Waals surface area contributed by atoms with E-state index in [1.54, 1.807) is 13.0 Å². The lowest BCUT2D eigenvalue weighted by atomic mass is 10.1. The van der Waals surface area contributed by atoms with Gasteiger partial charge in [0.1, 0.15) is 17.4 Å². The molecule has 6 nitrogen and oxygen atoms in total. The molecule has 0 aliphatic carbocycles. The molecular weight excluding hydrogens is 315 g/mol. The Hall–Kier alpha value is -3.02. The van der Waals surface area contributed by atoms with Gasteiger partial charge in [-0.2, -0.15) is 18.4 Å². The van der Waals surface area contributed by atoms with Crippen molar-refractivity contribution in [2.24, 2.45) is 0 Å². The number of ketones is 1. The van der Waals surface area contributed by atoms with E-state index >= 15 is 0 Å². The minimum absolute atomic E-state index is 0.0863. The molecule has 0 unspecified atom stereocenters. The third kappa shape index (κ3) is 3.60. The van der Waals surface area contributed by atoms with E-state index in [4.69, 9.17) is 9.78 Å². The largest absolute Gasteiger partial charge is 0.456 e. The summed E-state index contributed by atoms with van der Waals surface area (Å²) in [4.78, 5) is 12.1. The zero-order chi connectivity index (χ0) is 17.2. The highest BCUT2D eigenvalue weighted by molar-refractivity contribution is 6.12. The van der Waals surface area contributed by atoms with Gasteiger partial charge in [-0.3, -0.25) is 4.79 Å². The number of Topliss-reactive ketones (excluding diaryl/α,β-unsaturated/α-hetero) is 1. The first-order valence-electron chi connectivity index (χ1n) is 6.25. The van der Waals surface area contributed by atoms with Crippen molar-refractivity contribution in [1.29, 1.82) is 5.26 Å². The number of nitrogens with one attached hydrogen (secondary N) is 1. The summed E-state index contributed by atoms with van der Waals surface area (Å²) in [6, 6.07) is 3.97. The molecular formula is C14H10F3N3O3. The highest BCUT2D eigenvalue weighted by Crippen LogP contribution is 2.35. The predicted octanol–water partition coefficient (Wildman–Crippen LogP) is 3.61. The molecule has 23 heavy (non-hydrogen) atoms. The topological polar surface area (TPSA) is 92.1 Å². The highest BCUT2D eigenvalue weighted by atomic mass is 19.4. The van der Waals surface area contributed by atoms with Crippen LogP contribution < -0.4 is 5.32 Å². The van der Waals surface area contributed by atoms with Crippen molar-refractivity contribution in [3.8, 4) is 6.07 Å². The van der Waals surface area contributed by atoms with E-state index in [1.807, 2.05) is 0 Å². The molecule has 2 aromatic heterocycles. The van der Waals surface area contributed by atoms with Gasteiger partial charge in [0.05, 0.1) is 11.3 Å². The van der Waals surface area contributed by atoms with Gasteiger partial charge in [0, 0.05) is 12.3 Å². The Morgan fingerprint density at radius 3 is 2.61 bits per heavy atom. The Kier molecular flexibility index (Phi) is 4.27. The maximum atomic E-state index is 12.9. The van der Waals surface area contributed by atoms with Crippen LogP contribution >= 0.6 is 0 Å². The molecule has 2 rings (SSSR count). The number of rotatable bonds is 4. The van der Waals surface area contributed by atoms with E-state index < -0.39 is 28.9 Å². The van der Waals surface area contributed by atoms with Crippen LogP contribution in [0.2, 0.25) is 0 Å². The van der Waals surface area contributed by atoms with Crippen molar-refractivity contribution in [1.82, 2.24) is 5.16 Å². The number of halogens is 3. The van der Waals surface area contributed by atoms with Crippen LogP contribution in [0, 0.1) is 25.2 Å². The summed E-state index contributed by atoms with van der Waals surface area (Å²) >= 11 is 0. The van der Waals surface area contributed by atoms with Crippen LogP contribution in [-0.2, 0) is 6.18 Å². The number of carbonyl (C=O) groups excluding carboxylic acids is 1. The lowest BCUT2D eigenvalue weighted by molar-refractivity contribution is -0.153. The number of nitrogens with zero attached hydrogens (tertiary/aromatic N) is 2. The van der Waals surface area contributed by atoms with Gasteiger partial charge >= 0.3 is 6.18 Å².